The van der Waals surface area contributed by atoms with E-state index in [0.717, 1.165) is 24.0 Å². The molecule has 5 rings (SSSR count). The zero-order valence-electron chi connectivity index (χ0n) is 22.0. The van der Waals surface area contributed by atoms with Crippen molar-refractivity contribution in [2.75, 3.05) is 31.9 Å². The second-order valence-electron chi connectivity index (χ2n) is 9.72. The first-order valence-electron chi connectivity index (χ1n) is 13.1. The fourth-order valence-corrected chi connectivity index (χ4v) is 7.45. The molecule has 3 aromatic carbocycles. The lowest BCUT2D eigenvalue weighted by Gasteiger charge is -2.20. The summed E-state index contributed by atoms with van der Waals surface area (Å²) >= 11 is 12.1. The number of rotatable bonds is 8. The molecule has 3 aromatic rings. The van der Waals surface area contributed by atoms with Crippen LogP contribution in [-0.2, 0) is 20.0 Å². The molecule has 0 amide bonds. The molecule has 0 aromatic heterocycles. The number of sulfonamides is 2. The van der Waals surface area contributed by atoms with E-state index in [9.17, 15) is 16.8 Å². The van der Waals surface area contributed by atoms with E-state index < -0.39 is 20.0 Å². The van der Waals surface area contributed by atoms with Gasteiger partial charge in [0.15, 0.2) is 0 Å². The molecule has 9 nitrogen and oxygen atoms in total. The standard InChI is InChI=1S/C28H29Cl2N5O4S2/c29-23-10-8-22(9-11-23)27-26(21-6-2-1-3-7-21)20-35(32-27)28(31-16-19-40(36,37)34-17-4-5-18-34)33-41(38,39)25-14-12-24(30)13-15-25/h1-3,6-15,26H,4-5,16-20H2,(H,31,33)/t26-/m0/s1. The maximum absolute atomic E-state index is 13.4. The highest BCUT2D eigenvalue weighted by Crippen LogP contribution is 2.30. The third kappa shape index (κ3) is 7.10. The van der Waals surface area contributed by atoms with E-state index in [1.165, 1.54) is 33.6 Å². The number of benzene rings is 3. The van der Waals surface area contributed by atoms with Crippen LogP contribution in [0.15, 0.2) is 93.9 Å². The van der Waals surface area contributed by atoms with Crippen molar-refractivity contribution in [3.05, 3.63) is 100 Å². The van der Waals surface area contributed by atoms with Gasteiger partial charge in [-0.25, -0.2) is 35.9 Å². The number of hydrogen-bond donors (Lipinski definition) is 1. The molecule has 2 aliphatic rings. The highest BCUT2D eigenvalue weighted by atomic mass is 35.5. The van der Waals surface area contributed by atoms with Gasteiger partial charge in [-0.05, 0) is 60.4 Å². The Balaban J connectivity index is 1.50. The Labute approximate surface area is 250 Å². The maximum Gasteiger partial charge on any atom is 0.264 e. The molecule has 0 spiro atoms. The third-order valence-electron chi connectivity index (χ3n) is 6.92. The Morgan fingerprint density at radius 3 is 2.12 bits per heavy atom. The van der Waals surface area contributed by atoms with Gasteiger partial charge in [0.1, 0.15) is 0 Å². The first-order chi connectivity index (χ1) is 19.6. The Morgan fingerprint density at radius 2 is 1.49 bits per heavy atom. The average Bonchev–Trinajstić information content (AvgIpc) is 3.65. The summed E-state index contributed by atoms with van der Waals surface area (Å²) in [5.74, 6) is -0.527. The highest BCUT2D eigenvalue weighted by molar-refractivity contribution is 7.90. The first-order valence-corrected chi connectivity index (χ1v) is 16.9. The van der Waals surface area contributed by atoms with E-state index in [2.05, 4.69) is 9.71 Å². The number of hydrazone groups is 1. The van der Waals surface area contributed by atoms with Crippen LogP contribution in [0, 0.1) is 0 Å². The molecule has 0 bridgehead atoms. The minimum Gasteiger partial charge on any atom is -0.250 e. The van der Waals surface area contributed by atoms with Crippen LogP contribution >= 0.6 is 23.2 Å². The molecule has 0 saturated carbocycles. The monoisotopic (exact) mass is 633 g/mol. The fraction of sp³-hybridized carbons (Fsp3) is 0.286. The molecule has 1 atom stereocenters. The van der Waals surface area contributed by atoms with Crippen molar-refractivity contribution in [1.29, 1.82) is 0 Å². The molecule has 13 heteroatoms. The Kier molecular flexibility index (Phi) is 9.00. The van der Waals surface area contributed by atoms with Crippen LogP contribution in [-0.4, -0.2) is 69.8 Å². The molecule has 0 aliphatic carbocycles. The molecule has 1 N–H and O–H groups in total. The number of aliphatic imine (C=N–C) groups is 1. The number of halogens is 2. The molecule has 216 valence electrons. The Morgan fingerprint density at radius 1 is 0.878 bits per heavy atom. The SMILES string of the molecule is O=S(=O)(N/C(=N/CCS(=O)(=O)N1CCCC1)N1C[C@@H](c2ccccc2)C(c2ccc(Cl)cc2)=N1)c1ccc(Cl)cc1. The van der Waals surface area contributed by atoms with Gasteiger partial charge in [0.25, 0.3) is 10.0 Å². The van der Waals surface area contributed by atoms with Crippen molar-refractivity contribution < 1.29 is 16.8 Å². The summed E-state index contributed by atoms with van der Waals surface area (Å²) in [5, 5.41) is 7.26. The summed E-state index contributed by atoms with van der Waals surface area (Å²) in [7, 11) is -7.62. The van der Waals surface area contributed by atoms with E-state index in [4.69, 9.17) is 28.3 Å². The summed E-state index contributed by atoms with van der Waals surface area (Å²) in [4.78, 5) is 4.44. The van der Waals surface area contributed by atoms with E-state index >= 15 is 0 Å². The lowest BCUT2D eigenvalue weighted by molar-refractivity contribution is 0.460. The Bertz CT molecular complexity index is 1640. The van der Waals surface area contributed by atoms with Gasteiger partial charge in [0.05, 0.1) is 29.4 Å². The molecule has 2 aliphatic heterocycles. The maximum atomic E-state index is 13.4. The Hall–Kier alpha value is -2.96. The van der Waals surface area contributed by atoms with Gasteiger partial charge < -0.3 is 0 Å². The topological polar surface area (TPSA) is 112 Å². The number of nitrogens with one attached hydrogen (secondary N) is 1. The van der Waals surface area contributed by atoms with Crippen molar-refractivity contribution in [2.45, 2.75) is 23.7 Å². The summed E-state index contributed by atoms with van der Waals surface area (Å²) < 4.78 is 56.4. The molecular weight excluding hydrogens is 605 g/mol. The van der Waals surface area contributed by atoms with Crippen molar-refractivity contribution in [2.24, 2.45) is 10.1 Å². The molecule has 1 fully saturated rings. The molecular formula is C28H29Cl2N5O4S2. The molecule has 2 heterocycles. The van der Waals surface area contributed by atoms with Gasteiger partial charge in [0, 0.05) is 29.1 Å². The summed E-state index contributed by atoms with van der Waals surface area (Å²) in [6.07, 6.45) is 1.65. The van der Waals surface area contributed by atoms with E-state index in [1.807, 2.05) is 42.5 Å². The van der Waals surface area contributed by atoms with Crippen LogP contribution in [0.25, 0.3) is 0 Å². The van der Waals surface area contributed by atoms with Crippen LogP contribution < -0.4 is 4.72 Å². The molecule has 41 heavy (non-hydrogen) atoms. The second kappa shape index (κ2) is 12.5. The van der Waals surface area contributed by atoms with Crippen LogP contribution in [0.2, 0.25) is 10.0 Å². The second-order valence-corrected chi connectivity index (χ2v) is 14.4. The molecule has 0 radical (unpaired) electrons. The zero-order chi connectivity index (χ0) is 29.0. The van der Waals surface area contributed by atoms with Crippen molar-refractivity contribution in [1.82, 2.24) is 14.0 Å². The predicted molar refractivity (Wildman–Crippen MR) is 163 cm³/mol. The normalized spacial score (nSPS) is 18.5. The summed E-state index contributed by atoms with van der Waals surface area (Å²) in [6.45, 7) is 1.11. The van der Waals surface area contributed by atoms with E-state index in [-0.39, 0.29) is 35.6 Å². The van der Waals surface area contributed by atoms with Gasteiger partial charge in [0.2, 0.25) is 16.0 Å². The van der Waals surface area contributed by atoms with Crippen LogP contribution in [0.4, 0.5) is 0 Å². The van der Waals surface area contributed by atoms with Gasteiger partial charge in [-0.2, -0.15) is 5.10 Å². The lowest BCUT2D eigenvalue weighted by Crippen LogP contribution is -2.42. The highest BCUT2D eigenvalue weighted by Gasteiger charge is 2.33. The minimum atomic E-state index is -4.09. The van der Waals surface area contributed by atoms with Crippen LogP contribution in [0.3, 0.4) is 0 Å². The third-order valence-corrected chi connectivity index (χ3v) is 10.6. The number of hydrogen-bond acceptors (Lipinski definition) is 6. The predicted octanol–water partition coefficient (Wildman–Crippen LogP) is 4.56. The first kappa shape index (κ1) is 29.5. The molecule has 1 saturated heterocycles. The van der Waals surface area contributed by atoms with Crippen LogP contribution in [0.5, 0.6) is 0 Å². The number of nitrogens with zero attached hydrogens (tertiary/aromatic N) is 4. The average molecular weight is 635 g/mol. The number of guanidine groups is 1. The van der Waals surface area contributed by atoms with Crippen molar-refractivity contribution in [3.8, 4) is 0 Å². The molecule has 0 unspecified atom stereocenters. The quantitative estimate of drug-likeness (QED) is 0.289. The minimum absolute atomic E-state index is 0.0139. The fourth-order valence-electron chi connectivity index (χ4n) is 4.78. The smallest absolute Gasteiger partial charge is 0.250 e. The van der Waals surface area contributed by atoms with E-state index in [1.54, 1.807) is 12.1 Å². The van der Waals surface area contributed by atoms with Gasteiger partial charge in [-0.15, -0.1) is 0 Å². The van der Waals surface area contributed by atoms with Crippen molar-refractivity contribution in [3.63, 3.8) is 0 Å². The van der Waals surface area contributed by atoms with Gasteiger partial charge in [-0.3, -0.25) is 0 Å². The summed E-state index contributed by atoms with van der Waals surface area (Å²) in [6, 6.07) is 22.7. The van der Waals surface area contributed by atoms with Gasteiger partial charge in [-0.1, -0.05) is 65.7 Å². The largest absolute Gasteiger partial charge is 0.264 e. The van der Waals surface area contributed by atoms with Gasteiger partial charge >= 0.3 is 0 Å². The lowest BCUT2D eigenvalue weighted by atomic mass is 9.91. The zero-order valence-corrected chi connectivity index (χ0v) is 25.2. The van der Waals surface area contributed by atoms with Crippen LogP contribution in [0.1, 0.15) is 29.9 Å². The van der Waals surface area contributed by atoms with E-state index in [0.29, 0.717) is 28.8 Å². The summed E-state index contributed by atoms with van der Waals surface area (Å²) in [5.41, 5.74) is 2.51. The van der Waals surface area contributed by atoms with Crippen molar-refractivity contribution >= 4 is 54.9 Å².